The largest absolute Gasteiger partial charge is 0.393 e. The Balaban J connectivity index is 1.49. The number of likely N-dealkylation sites (tertiary alicyclic amines) is 1. The highest BCUT2D eigenvalue weighted by Crippen LogP contribution is 2.39. The van der Waals surface area contributed by atoms with Gasteiger partial charge in [-0.15, -0.1) is 0 Å². The molecular weight excluding hydrogens is 350 g/mol. The van der Waals surface area contributed by atoms with Crippen LogP contribution in [-0.2, 0) is 4.79 Å². The molecule has 1 aliphatic heterocycles. The molecule has 4 rings (SSSR count). The maximum Gasteiger partial charge on any atom is 0.223 e. The molecule has 0 spiro atoms. The van der Waals surface area contributed by atoms with Crippen LogP contribution in [0, 0.1) is 11.8 Å². The zero-order valence-electron chi connectivity index (χ0n) is 16.8. The third-order valence-corrected chi connectivity index (χ3v) is 6.52. The maximum atomic E-state index is 13.0. The minimum absolute atomic E-state index is 0.0730. The Morgan fingerprint density at radius 3 is 2.61 bits per heavy atom. The number of hydrogen-bond acceptors (Lipinski definition) is 4. The summed E-state index contributed by atoms with van der Waals surface area (Å²) in [7, 11) is 0. The number of nitrogens with zero attached hydrogens (tertiary/aromatic N) is 2. The molecule has 150 valence electrons. The van der Waals surface area contributed by atoms with Gasteiger partial charge in [-0.2, -0.15) is 0 Å². The molecule has 2 heterocycles. The van der Waals surface area contributed by atoms with E-state index in [0.29, 0.717) is 6.04 Å². The summed E-state index contributed by atoms with van der Waals surface area (Å²) < 4.78 is 0. The van der Waals surface area contributed by atoms with Gasteiger partial charge in [-0.05, 0) is 76.2 Å². The van der Waals surface area contributed by atoms with E-state index in [9.17, 15) is 9.90 Å². The Morgan fingerprint density at radius 1 is 1.21 bits per heavy atom. The van der Waals surface area contributed by atoms with Crippen LogP contribution in [-0.4, -0.2) is 46.1 Å². The zero-order chi connectivity index (χ0) is 19.7. The van der Waals surface area contributed by atoms with Crippen LogP contribution in [0.2, 0.25) is 0 Å². The second-order valence-corrected chi connectivity index (χ2v) is 8.74. The molecule has 1 aromatic heterocycles. The van der Waals surface area contributed by atoms with Crippen LogP contribution >= 0.6 is 0 Å². The minimum atomic E-state index is -0.243. The van der Waals surface area contributed by atoms with Gasteiger partial charge in [-0.25, -0.2) is 0 Å². The van der Waals surface area contributed by atoms with Gasteiger partial charge in [0.05, 0.1) is 17.7 Å². The first-order chi connectivity index (χ1) is 13.5. The summed E-state index contributed by atoms with van der Waals surface area (Å²) >= 11 is 0. The van der Waals surface area contributed by atoms with E-state index in [1.165, 1.54) is 0 Å². The number of amides is 1. The van der Waals surface area contributed by atoms with Gasteiger partial charge in [0.1, 0.15) is 0 Å². The normalized spacial score (nSPS) is 24.9. The number of rotatable bonds is 5. The van der Waals surface area contributed by atoms with E-state index in [-0.39, 0.29) is 29.9 Å². The molecule has 5 nitrogen and oxygen atoms in total. The highest BCUT2D eigenvalue weighted by atomic mass is 16.3. The fraction of sp³-hybridized carbons (Fsp3) is 0.565. The molecule has 0 unspecified atom stereocenters. The summed E-state index contributed by atoms with van der Waals surface area (Å²) in [4.78, 5) is 20.1. The van der Waals surface area contributed by atoms with Gasteiger partial charge in [0.25, 0.3) is 0 Å². The molecular formula is C23H31N3O2. The van der Waals surface area contributed by atoms with Crippen LogP contribution in [0.4, 0.5) is 0 Å². The van der Waals surface area contributed by atoms with E-state index in [0.717, 1.165) is 55.2 Å². The molecule has 2 aromatic rings. The first kappa shape index (κ1) is 19.3. The molecule has 1 saturated heterocycles. The van der Waals surface area contributed by atoms with Crippen molar-refractivity contribution >= 4 is 16.8 Å². The van der Waals surface area contributed by atoms with Crippen LogP contribution in [0.25, 0.3) is 10.9 Å². The lowest BCUT2D eigenvalue weighted by Crippen LogP contribution is -2.46. The number of nitrogens with one attached hydrogen (secondary N) is 1. The lowest BCUT2D eigenvalue weighted by atomic mass is 9.75. The van der Waals surface area contributed by atoms with Gasteiger partial charge in [0.15, 0.2) is 0 Å². The van der Waals surface area contributed by atoms with Crippen molar-refractivity contribution in [3.05, 3.63) is 42.1 Å². The van der Waals surface area contributed by atoms with Gasteiger partial charge >= 0.3 is 0 Å². The van der Waals surface area contributed by atoms with Gasteiger partial charge in [0, 0.05) is 23.5 Å². The molecule has 1 saturated carbocycles. The Bertz CT molecular complexity index is 823. The highest BCUT2D eigenvalue weighted by molar-refractivity contribution is 5.81. The van der Waals surface area contributed by atoms with E-state index in [1.54, 1.807) is 0 Å². The monoisotopic (exact) mass is 381 g/mol. The topological polar surface area (TPSA) is 65.5 Å². The van der Waals surface area contributed by atoms with Gasteiger partial charge < -0.3 is 15.3 Å². The molecule has 1 amide bonds. The van der Waals surface area contributed by atoms with E-state index < -0.39 is 0 Å². The number of aromatic nitrogens is 1. The van der Waals surface area contributed by atoms with Crippen molar-refractivity contribution in [3.8, 4) is 0 Å². The number of benzene rings is 1. The summed E-state index contributed by atoms with van der Waals surface area (Å²) in [6, 6.07) is 10.7. The fourth-order valence-electron chi connectivity index (χ4n) is 4.58. The number of para-hydroxylation sites is 1. The smallest absolute Gasteiger partial charge is 0.223 e. The summed E-state index contributed by atoms with van der Waals surface area (Å²) in [5, 5.41) is 14.2. The number of carbonyl (C=O) groups excluding carboxylic acids is 1. The van der Waals surface area contributed by atoms with Gasteiger partial charge in [0.2, 0.25) is 5.91 Å². The van der Waals surface area contributed by atoms with E-state index >= 15 is 0 Å². The summed E-state index contributed by atoms with van der Waals surface area (Å²) in [5.74, 6) is 0.511. The van der Waals surface area contributed by atoms with Gasteiger partial charge in [-0.3, -0.25) is 9.78 Å². The Labute approximate surface area is 167 Å². The standard InChI is InChI=1S/C23H31N3O2/c1-15(2)26-9-7-16(8-10-26)23(28)25-22(18-12-20(27)13-18)19-11-17-5-3-4-6-21(17)24-14-19/h3-6,11,14-16,18,20,22,27H,7-10,12-13H2,1-2H3,(H,25,28)/t18?,20?,22-/m0/s1. The zero-order valence-corrected chi connectivity index (χ0v) is 16.8. The molecule has 0 bridgehead atoms. The van der Waals surface area contributed by atoms with Crippen LogP contribution < -0.4 is 5.32 Å². The minimum Gasteiger partial charge on any atom is -0.393 e. The molecule has 1 aromatic carbocycles. The Kier molecular flexibility index (Phi) is 5.65. The number of piperidine rings is 1. The molecule has 0 radical (unpaired) electrons. The van der Waals surface area contributed by atoms with Crippen LogP contribution in [0.3, 0.4) is 0 Å². The average molecular weight is 382 g/mol. The molecule has 5 heteroatoms. The SMILES string of the molecule is CC(C)N1CCC(C(=O)N[C@H](c2cnc3ccccc3c2)C2CC(O)C2)CC1. The van der Waals surface area contributed by atoms with Crippen molar-refractivity contribution in [1.82, 2.24) is 15.2 Å². The van der Waals surface area contributed by atoms with Crippen LogP contribution in [0.1, 0.15) is 51.1 Å². The fourth-order valence-corrected chi connectivity index (χ4v) is 4.58. The number of aliphatic hydroxyl groups excluding tert-OH is 1. The van der Waals surface area contributed by atoms with Crippen molar-refractivity contribution in [2.24, 2.45) is 11.8 Å². The second kappa shape index (κ2) is 8.18. The summed E-state index contributed by atoms with van der Waals surface area (Å²) in [6.45, 7) is 6.40. The first-order valence-corrected chi connectivity index (χ1v) is 10.6. The maximum absolute atomic E-state index is 13.0. The lowest BCUT2D eigenvalue weighted by molar-refractivity contribution is -0.128. The third-order valence-electron chi connectivity index (χ3n) is 6.52. The predicted molar refractivity (Wildman–Crippen MR) is 111 cm³/mol. The van der Waals surface area contributed by atoms with Crippen molar-refractivity contribution in [2.45, 2.75) is 57.7 Å². The van der Waals surface area contributed by atoms with Crippen LogP contribution in [0.15, 0.2) is 36.5 Å². The van der Waals surface area contributed by atoms with Crippen molar-refractivity contribution in [3.63, 3.8) is 0 Å². The third kappa shape index (κ3) is 4.06. The predicted octanol–water partition coefficient (Wildman–Crippen LogP) is 3.28. The second-order valence-electron chi connectivity index (χ2n) is 8.74. The Morgan fingerprint density at radius 2 is 1.93 bits per heavy atom. The lowest BCUT2D eigenvalue weighted by Gasteiger charge is -2.39. The van der Waals surface area contributed by atoms with E-state index in [2.05, 4.69) is 41.2 Å². The number of aliphatic hydroxyl groups is 1. The van der Waals surface area contributed by atoms with E-state index in [4.69, 9.17) is 0 Å². The molecule has 1 aliphatic carbocycles. The first-order valence-electron chi connectivity index (χ1n) is 10.6. The molecule has 1 atom stereocenters. The van der Waals surface area contributed by atoms with Crippen molar-refractivity contribution in [2.75, 3.05) is 13.1 Å². The highest BCUT2D eigenvalue weighted by Gasteiger charge is 2.37. The molecule has 2 aliphatic rings. The quantitative estimate of drug-likeness (QED) is 0.834. The Hall–Kier alpha value is -1.98. The van der Waals surface area contributed by atoms with E-state index in [1.807, 2.05) is 24.4 Å². The molecule has 28 heavy (non-hydrogen) atoms. The van der Waals surface area contributed by atoms with Gasteiger partial charge in [-0.1, -0.05) is 18.2 Å². The number of carbonyl (C=O) groups is 1. The van der Waals surface area contributed by atoms with Crippen molar-refractivity contribution in [1.29, 1.82) is 0 Å². The molecule has 2 N–H and O–H groups in total. The number of hydrogen-bond donors (Lipinski definition) is 2. The van der Waals surface area contributed by atoms with Crippen molar-refractivity contribution < 1.29 is 9.90 Å². The number of pyridine rings is 1. The average Bonchev–Trinajstić information content (AvgIpc) is 2.69. The number of fused-ring (bicyclic) bond motifs is 1. The summed E-state index contributed by atoms with van der Waals surface area (Å²) in [6.07, 6.45) is 4.96. The van der Waals surface area contributed by atoms with Crippen LogP contribution in [0.5, 0.6) is 0 Å². The summed E-state index contributed by atoms with van der Waals surface area (Å²) in [5.41, 5.74) is 2.01. The molecule has 2 fully saturated rings.